The first-order valence-corrected chi connectivity index (χ1v) is 9.79. The van der Waals surface area contributed by atoms with Crippen LogP contribution in [0.1, 0.15) is 44.1 Å². The van der Waals surface area contributed by atoms with Crippen molar-refractivity contribution in [3.63, 3.8) is 0 Å². The lowest BCUT2D eigenvalue weighted by molar-refractivity contribution is 0.0386. The van der Waals surface area contributed by atoms with Crippen molar-refractivity contribution in [2.45, 2.75) is 26.7 Å². The summed E-state index contributed by atoms with van der Waals surface area (Å²) in [7, 11) is 1.54. The largest absolute Gasteiger partial charge is 0.460 e. The Morgan fingerprint density at radius 1 is 1.03 bits per heavy atom. The number of aromatic amines is 1. The molecule has 0 aliphatic carbocycles. The van der Waals surface area contributed by atoms with Crippen LogP contribution in [0.3, 0.4) is 0 Å². The average molecular weight is 402 g/mol. The number of benzene rings is 1. The Hall–Kier alpha value is -2.64. The number of hydrogen-bond donors (Lipinski definition) is 2. The highest BCUT2D eigenvalue weighted by Crippen LogP contribution is 2.19. The van der Waals surface area contributed by atoms with Crippen molar-refractivity contribution in [3.8, 4) is 0 Å². The van der Waals surface area contributed by atoms with E-state index in [1.54, 1.807) is 13.8 Å². The summed E-state index contributed by atoms with van der Waals surface area (Å²) in [5.41, 5.74) is 3.22. The molecule has 7 heteroatoms. The number of carbonyl (C=O) groups excluding carboxylic acids is 2. The number of amides is 1. The van der Waals surface area contributed by atoms with Gasteiger partial charge in [-0.15, -0.1) is 0 Å². The van der Waals surface area contributed by atoms with Crippen LogP contribution in [0.4, 0.5) is 0 Å². The monoisotopic (exact) mass is 402 g/mol. The number of carbonyl (C=O) groups is 2. The molecule has 0 radical (unpaired) electrons. The number of aryl methyl sites for hydroxylation is 1. The third-order valence-electron chi connectivity index (χ3n) is 4.52. The van der Waals surface area contributed by atoms with Gasteiger partial charge in [0.15, 0.2) is 0 Å². The summed E-state index contributed by atoms with van der Waals surface area (Å²) in [5.74, 6) is -0.704. The van der Waals surface area contributed by atoms with Crippen LogP contribution in [0.2, 0.25) is 0 Å². The lowest BCUT2D eigenvalue weighted by Crippen LogP contribution is -2.26. The first kappa shape index (κ1) is 22.6. The highest BCUT2D eigenvalue weighted by Gasteiger charge is 2.22. The van der Waals surface area contributed by atoms with Crippen molar-refractivity contribution in [2.24, 2.45) is 0 Å². The summed E-state index contributed by atoms with van der Waals surface area (Å²) in [6, 6.07) is 10.2. The fraction of sp³-hybridized carbons (Fsp3) is 0.455. The van der Waals surface area contributed by atoms with Crippen molar-refractivity contribution in [1.82, 2.24) is 10.3 Å². The molecule has 0 saturated heterocycles. The Labute approximate surface area is 171 Å². The lowest BCUT2D eigenvalue weighted by Gasteiger charge is -2.07. The van der Waals surface area contributed by atoms with Gasteiger partial charge in [0.25, 0.3) is 5.91 Å². The third-order valence-corrected chi connectivity index (χ3v) is 4.52. The van der Waals surface area contributed by atoms with Gasteiger partial charge in [-0.1, -0.05) is 30.3 Å². The fourth-order valence-corrected chi connectivity index (χ4v) is 2.97. The number of nitrogens with one attached hydrogen (secondary N) is 2. The first-order valence-electron chi connectivity index (χ1n) is 9.79. The normalized spacial score (nSPS) is 10.7. The molecule has 2 rings (SSSR count). The molecule has 0 bridgehead atoms. The summed E-state index contributed by atoms with van der Waals surface area (Å²) in [5, 5.41) is 2.86. The molecule has 2 aromatic rings. The van der Waals surface area contributed by atoms with Crippen LogP contribution >= 0.6 is 0 Å². The predicted molar refractivity (Wildman–Crippen MR) is 110 cm³/mol. The minimum atomic E-state index is -0.459. The van der Waals surface area contributed by atoms with Crippen molar-refractivity contribution in [1.29, 1.82) is 0 Å². The number of H-pyrrole nitrogens is 1. The van der Waals surface area contributed by atoms with Gasteiger partial charge in [0, 0.05) is 26.0 Å². The Morgan fingerprint density at radius 2 is 1.79 bits per heavy atom. The molecular formula is C22H30N2O5. The molecule has 29 heavy (non-hydrogen) atoms. The summed E-state index contributed by atoms with van der Waals surface area (Å²) < 4.78 is 15.7. The molecular weight excluding hydrogens is 372 g/mol. The molecule has 1 aromatic heterocycles. The maximum Gasteiger partial charge on any atom is 0.340 e. The SMILES string of the molecule is COCCOC(=O)c1c(C)[nH]c(C(=O)NCCCOCCc2ccccc2)c1C. The van der Waals surface area contributed by atoms with E-state index in [1.165, 1.54) is 12.7 Å². The third kappa shape index (κ3) is 7.03. The van der Waals surface area contributed by atoms with E-state index in [9.17, 15) is 9.59 Å². The van der Waals surface area contributed by atoms with Gasteiger partial charge in [-0.2, -0.15) is 0 Å². The smallest absolute Gasteiger partial charge is 0.340 e. The molecule has 2 N–H and O–H groups in total. The van der Waals surface area contributed by atoms with E-state index in [0.29, 0.717) is 55.3 Å². The number of ether oxygens (including phenoxy) is 3. The standard InChI is InChI=1S/C22H30N2O5/c1-16-19(22(26)29-15-14-27-3)17(2)24-20(16)21(25)23-11-7-12-28-13-10-18-8-5-4-6-9-18/h4-6,8-9,24H,7,10-15H2,1-3H3,(H,23,25). The second kappa shape index (κ2) is 12.0. The lowest BCUT2D eigenvalue weighted by atomic mass is 10.1. The minimum absolute atomic E-state index is 0.172. The maximum absolute atomic E-state index is 12.4. The van der Waals surface area contributed by atoms with Crippen LogP contribution in [-0.4, -0.2) is 56.9 Å². The van der Waals surface area contributed by atoms with Crippen LogP contribution in [-0.2, 0) is 20.6 Å². The van der Waals surface area contributed by atoms with Gasteiger partial charge in [0.05, 0.1) is 18.8 Å². The zero-order valence-electron chi connectivity index (χ0n) is 17.4. The summed E-state index contributed by atoms with van der Waals surface area (Å²) in [6.45, 7) is 5.71. The Morgan fingerprint density at radius 3 is 2.52 bits per heavy atom. The Kier molecular flexibility index (Phi) is 9.40. The number of hydrogen-bond acceptors (Lipinski definition) is 5. The molecule has 0 fully saturated rings. The van der Waals surface area contributed by atoms with E-state index in [2.05, 4.69) is 22.4 Å². The molecule has 0 atom stereocenters. The Bertz CT molecular complexity index is 786. The molecule has 0 saturated carbocycles. The molecule has 7 nitrogen and oxygen atoms in total. The fourth-order valence-electron chi connectivity index (χ4n) is 2.97. The highest BCUT2D eigenvalue weighted by molar-refractivity contribution is 6.00. The molecule has 0 unspecified atom stereocenters. The topological polar surface area (TPSA) is 89.7 Å². The zero-order valence-corrected chi connectivity index (χ0v) is 17.4. The predicted octanol–water partition coefficient (Wildman–Crippen LogP) is 2.81. The number of rotatable bonds is 12. The molecule has 1 aromatic carbocycles. The highest BCUT2D eigenvalue weighted by atomic mass is 16.6. The van der Waals surface area contributed by atoms with Crippen LogP contribution in [0, 0.1) is 13.8 Å². The Balaban J connectivity index is 1.72. The van der Waals surface area contributed by atoms with Crippen LogP contribution < -0.4 is 5.32 Å². The summed E-state index contributed by atoms with van der Waals surface area (Å²) in [6.07, 6.45) is 1.59. The number of esters is 1. The van der Waals surface area contributed by atoms with Gasteiger partial charge in [-0.05, 0) is 37.8 Å². The van der Waals surface area contributed by atoms with E-state index in [4.69, 9.17) is 14.2 Å². The minimum Gasteiger partial charge on any atom is -0.460 e. The van der Waals surface area contributed by atoms with Gasteiger partial charge in [0.1, 0.15) is 12.3 Å². The molecule has 158 valence electrons. The van der Waals surface area contributed by atoms with E-state index < -0.39 is 5.97 Å². The van der Waals surface area contributed by atoms with Crippen LogP contribution in [0.5, 0.6) is 0 Å². The number of aromatic nitrogens is 1. The van der Waals surface area contributed by atoms with E-state index in [-0.39, 0.29) is 12.5 Å². The van der Waals surface area contributed by atoms with Crippen molar-refractivity contribution >= 4 is 11.9 Å². The maximum atomic E-state index is 12.4. The summed E-state index contributed by atoms with van der Waals surface area (Å²) in [4.78, 5) is 27.6. The molecule has 1 amide bonds. The van der Waals surface area contributed by atoms with Crippen molar-refractivity contribution in [3.05, 3.63) is 58.4 Å². The van der Waals surface area contributed by atoms with Gasteiger partial charge in [-0.3, -0.25) is 4.79 Å². The van der Waals surface area contributed by atoms with Gasteiger partial charge < -0.3 is 24.5 Å². The average Bonchev–Trinajstić information content (AvgIpc) is 3.02. The quantitative estimate of drug-likeness (QED) is 0.421. The second-order valence-electron chi connectivity index (χ2n) is 6.71. The second-order valence-corrected chi connectivity index (χ2v) is 6.71. The first-order chi connectivity index (χ1) is 14.0. The summed E-state index contributed by atoms with van der Waals surface area (Å²) >= 11 is 0. The van der Waals surface area contributed by atoms with Crippen molar-refractivity contribution < 1.29 is 23.8 Å². The van der Waals surface area contributed by atoms with E-state index in [1.807, 2.05) is 18.2 Å². The van der Waals surface area contributed by atoms with Crippen LogP contribution in [0.25, 0.3) is 0 Å². The van der Waals surface area contributed by atoms with Gasteiger partial charge in [-0.25, -0.2) is 4.79 Å². The molecule has 1 heterocycles. The van der Waals surface area contributed by atoms with E-state index in [0.717, 1.165) is 6.42 Å². The van der Waals surface area contributed by atoms with Crippen LogP contribution in [0.15, 0.2) is 30.3 Å². The van der Waals surface area contributed by atoms with E-state index >= 15 is 0 Å². The molecule has 0 aliphatic rings. The van der Waals surface area contributed by atoms with Gasteiger partial charge >= 0.3 is 5.97 Å². The number of methoxy groups -OCH3 is 1. The zero-order chi connectivity index (χ0) is 21.1. The van der Waals surface area contributed by atoms with Gasteiger partial charge in [0.2, 0.25) is 0 Å². The molecule has 0 aliphatic heterocycles. The van der Waals surface area contributed by atoms with Crippen molar-refractivity contribution in [2.75, 3.05) is 40.1 Å². The molecule has 0 spiro atoms.